The highest BCUT2D eigenvalue weighted by Crippen LogP contribution is 2.26. The fraction of sp³-hybridized carbons (Fsp3) is 0.167. The Morgan fingerprint density at radius 2 is 1.62 bits per heavy atom. The Morgan fingerprint density at radius 3 is 2.23 bits per heavy atom. The van der Waals surface area contributed by atoms with Crippen LogP contribution in [0.25, 0.3) is 22.6 Å². The maximum atomic E-state index is 12.2. The summed E-state index contributed by atoms with van der Waals surface area (Å²) in [4.78, 5) is 13.2. The summed E-state index contributed by atoms with van der Waals surface area (Å²) < 4.78 is 24.5. The summed E-state index contributed by atoms with van der Waals surface area (Å²) in [5, 5.41) is -0.481. The van der Waals surface area contributed by atoms with Gasteiger partial charge < -0.3 is 11.5 Å². The Morgan fingerprint density at radius 1 is 0.923 bits per heavy atom. The zero-order valence-electron chi connectivity index (χ0n) is 14.4. The molecule has 0 unspecified atom stereocenters. The van der Waals surface area contributed by atoms with Gasteiger partial charge in [0, 0.05) is 5.56 Å². The molecule has 0 saturated heterocycles. The van der Waals surface area contributed by atoms with E-state index >= 15 is 0 Å². The Kier molecular flexibility index (Phi) is 4.60. The monoisotopic (exact) mass is 369 g/mol. The SMILES string of the molecule is CC(C)S(=O)(=O)c1ccc(-c2cnc(N)c(-c3cccc(N)n3)n2)cc1. The molecule has 1 aromatic carbocycles. The van der Waals surface area contributed by atoms with E-state index in [9.17, 15) is 8.42 Å². The lowest BCUT2D eigenvalue weighted by Crippen LogP contribution is -2.13. The van der Waals surface area contributed by atoms with Gasteiger partial charge in [-0.1, -0.05) is 18.2 Å². The molecule has 0 amide bonds. The number of rotatable bonds is 4. The number of hydrogen-bond donors (Lipinski definition) is 2. The van der Waals surface area contributed by atoms with Crippen LogP contribution in [0.3, 0.4) is 0 Å². The molecule has 0 aliphatic carbocycles. The number of nitrogen functional groups attached to an aromatic ring is 2. The average Bonchev–Trinajstić information content (AvgIpc) is 2.62. The standard InChI is InChI=1S/C18H19N5O2S/c1-11(2)26(24,25)13-8-6-12(7-9-13)15-10-21-18(20)17(23-15)14-4-3-5-16(19)22-14/h3-11H,1-2H3,(H2,19,22)(H2,20,21). The van der Waals surface area contributed by atoms with Crippen LogP contribution in [-0.2, 0) is 9.84 Å². The summed E-state index contributed by atoms with van der Waals surface area (Å²) in [6, 6.07) is 11.7. The van der Waals surface area contributed by atoms with Crippen molar-refractivity contribution < 1.29 is 8.42 Å². The molecule has 0 aliphatic rings. The molecular formula is C18H19N5O2S. The van der Waals surface area contributed by atoms with Crippen molar-refractivity contribution in [3.05, 3.63) is 48.7 Å². The minimum absolute atomic E-state index is 0.242. The van der Waals surface area contributed by atoms with Gasteiger partial charge in [-0.25, -0.2) is 23.4 Å². The zero-order valence-corrected chi connectivity index (χ0v) is 15.2. The molecule has 8 heteroatoms. The van der Waals surface area contributed by atoms with Crippen LogP contribution >= 0.6 is 0 Å². The van der Waals surface area contributed by atoms with E-state index in [-0.39, 0.29) is 10.7 Å². The minimum Gasteiger partial charge on any atom is -0.384 e. The molecule has 0 spiro atoms. The van der Waals surface area contributed by atoms with E-state index in [1.807, 2.05) is 0 Å². The van der Waals surface area contributed by atoms with E-state index in [1.54, 1.807) is 56.3 Å². The summed E-state index contributed by atoms with van der Waals surface area (Å²) in [7, 11) is -3.32. The lowest BCUT2D eigenvalue weighted by molar-refractivity contribution is 0.587. The first-order chi connectivity index (χ1) is 12.3. The maximum absolute atomic E-state index is 12.2. The predicted octanol–water partition coefficient (Wildman–Crippen LogP) is 2.55. The quantitative estimate of drug-likeness (QED) is 0.724. The first kappa shape index (κ1) is 17.8. The number of pyridine rings is 1. The zero-order chi connectivity index (χ0) is 18.9. The number of benzene rings is 1. The van der Waals surface area contributed by atoms with Crippen LogP contribution < -0.4 is 11.5 Å². The summed E-state index contributed by atoms with van der Waals surface area (Å²) >= 11 is 0. The Bertz CT molecular complexity index is 1050. The van der Waals surface area contributed by atoms with Crippen LogP contribution in [0.4, 0.5) is 11.6 Å². The van der Waals surface area contributed by atoms with Crippen LogP contribution in [0.5, 0.6) is 0 Å². The van der Waals surface area contributed by atoms with Gasteiger partial charge in [0.15, 0.2) is 15.7 Å². The molecule has 3 rings (SSSR count). The van der Waals surface area contributed by atoms with E-state index in [2.05, 4.69) is 15.0 Å². The van der Waals surface area contributed by atoms with E-state index < -0.39 is 15.1 Å². The van der Waals surface area contributed by atoms with E-state index in [4.69, 9.17) is 11.5 Å². The maximum Gasteiger partial charge on any atom is 0.180 e. The van der Waals surface area contributed by atoms with Gasteiger partial charge in [0.2, 0.25) is 0 Å². The van der Waals surface area contributed by atoms with Crippen molar-refractivity contribution in [1.82, 2.24) is 15.0 Å². The molecule has 3 aromatic rings. The van der Waals surface area contributed by atoms with Gasteiger partial charge in [0.25, 0.3) is 0 Å². The van der Waals surface area contributed by atoms with Crippen molar-refractivity contribution in [2.24, 2.45) is 0 Å². The molecule has 7 nitrogen and oxygen atoms in total. The molecule has 0 atom stereocenters. The highest BCUT2D eigenvalue weighted by molar-refractivity contribution is 7.92. The minimum atomic E-state index is -3.32. The van der Waals surface area contributed by atoms with Crippen molar-refractivity contribution in [2.75, 3.05) is 11.5 Å². The molecule has 134 valence electrons. The lowest BCUT2D eigenvalue weighted by atomic mass is 10.1. The molecule has 0 aliphatic heterocycles. The second kappa shape index (κ2) is 6.72. The summed E-state index contributed by atoms with van der Waals surface area (Å²) in [6.07, 6.45) is 1.54. The molecule has 0 bridgehead atoms. The van der Waals surface area contributed by atoms with E-state index in [0.29, 0.717) is 22.9 Å². The van der Waals surface area contributed by atoms with Crippen molar-refractivity contribution in [2.45, 2.75) is 24.0 Å². The van der Waals surface area contributed by atoms with Crippen molar-refractivity contribution >= 4 is 21.5 Å². The number of nitrogens with two attached hydrogens (primary N) is 2. The van der Waals surface area contributed by atoms with Gasteiger partial charge in [-0.05, 0) is 38.1 Å². The molecule has 2 aromatic heterocycles. The van der Waals surface area contributed by atoms with Gasteiger partial charge in [-0.3, -0.25) is 0 Å². The van der Waals surface area contributed by atoms with Crippen LogP contribution in [0, 0.1) is 0 Å². The molecule has 4 N–H and O–H groups in total. The molecule has 0 radical (unpaired) electrons. The third-order valence-electron chi connectivity index (χ3n) is 3.91. The molecular weight excluding hydrogens is 350 g/mol. The van der Waals surface area contributed by atoms with Gasteiger partial charge in [0.1, 0.15) is 11.5 Å². The summed E-state index contributed by atoms with van der Waals surface area (Å²) in [5.41, 5.74) is 13.9. The van der Waals surface area contributed by atoms with Crippen LogP contribution in [0.2, 0.25) is 0 Å². The van der Waals surface area contributed by atoms with E-state index in [0.717, 1.165) is 5.56 Å². The smallest absolute Gasteiger partial charge is 0.180 e. The van der Waals surface area contributed by atoms with Gasteiger partial charge >= 0.3 is 0 Å². The molecule has 0 fully saturated rings. The largest absolute Gasteiger partial charge is 0.384 e. The average molecular weight is 369 g/mol. The normalized spacial score (nSPS) is 11.7. The first-order valence-corrected chi connectivity index (χ1v) is 9.53. The number of nitrogens with zero attached hydrogens (tertiary/aromatic N) is 3. The lowest BCUT2D eigenvalue weighted by Gasteiger charge is -2.10. The molecule has 0 saturated carbocycles. The highest BCUT2D eigenvalue weighted by Gasteiger charge is 2.19. The van der Waals surface area contributed by atoms with Crippen LogP contribution in [0.1, 0.15) is 13.8 Å². The van der Waals surface area contributed by atoms with Crippen molar-refractivity contribution in [3.8, 4) is 22.6 Å². The third-order valence-corrected chi connectivity index (χ3v) is 6.08. The number of anilines is 2. The summed E-state index contributed by atoms with van der Waals surface area (Å²) in [6.45, 7) is 3.30. The Balaban J connectivity index is 2.02. The topological polar surface area (TPSA) is 125 Å². The van der Waals surface area contributed by atoms with Crippen molar-refractivity contribution in [3.63, 3.8) is 0 Å². The Labute approximate surface area is 152 Å². The van der Waals surface area contributed by atoms with Gasteiger partial charge in [0.05, 0.1) is 27.7 Å². The highest BCUT2D eigenvalue weighted by atomic mass is 32.2. The first-order valence-electron chi connectivity index (χ1n) is 7.99. The van der Waals surface area contributed by atoms with Crippen LogP contribution in [0.15, 0.2) is 53.6 Å². The van der Waals surface area contributed by atoms with E-state index in [1.165, 1.54) is 6.20 Å². The molecule has 26 heavy (non-hydrogen) atoms. The fourth-order valence-electron chi connectivity index (χ4n) is 2.40. The fourth-order valence-corrected chi connectivity index (χ4v) is 3.46. The number of hydrogen-bond acceptors (Lipinski definition) is 7. The van der Waals surface area contributed by atoms with Crippen LogP contribution in [-0.4, -0.2) is 28.6 Å². The number of aromatic nitrogens is 3. The van der Waals surface area contributed by atoms with Gasteiger partial charge in [-0.15, -0.1) is 0 Å². The second-order valence-electron chi connectivity index (χ2n) is 6.05. The van der Waals surface area contributed by atoms with Crippen molar-refractivity contribution in [1.29, 1.82) is 0 Å². The molecule has 2 heterocycles. The second-order valence-corrected chi connectivity index (χ2v) is 8.56. The third kappa shape index (κ3) is 3.36. The summed E-state index contributed by atoms with van der Waals surface area (Å²) in [5.74, 6) is 0.600. The Hall–Kier alpha value is -3.00. The van der Waals surface area contributed by atoms with Gasteiger partial charge in [-0.2, -0.15) is 0 Å². The number of sulfone groups is 1. The predicted molar refractivity (Wildman–Crippen MR) is 102 cm³/mol.